The highest BCUT2D eigenvalue weighted by Gasteiger charge is 2.06. The van der Waals surface area contributed by atoms with Crippen LogP contribution in [0.3, 0.4) is 0 Å². The van der Waals surface area contributed by atoms with Gasteiger partial charge in [0, 0.05) is 33.3 Å². The highest BCUT2D eigenvalue weighted by atomic mass is 32.2. The molecule has 0 aliphatic heterocycles. The molecule has 0 radical (unpaired) electrons. The van der Waals surface area contributed by atoms with Gasteiger partial charge in [-0.15, -0.1) is 0 Å². The monoisotopic (exact) mass is 624 g/mol. The summed E-state index contributed by atoms with van der Waals surface area (Å²) in [5.41, 5.74) is 2.52. The Balaban J connectivity index is 1.23. The molecule has 0 bridgehead atoms. The minimum absolute atomic E-state index is 0.353. The number of anilines is 2. The first-order chi connectivity index (χ1) is 20.7. The van der Waals surface area contributed by atoms with Gasteiger partial charge >= 0.3 is 0 Å². The summed E-state index contributed by atoms with van der Waals surface area (Å²) in [4.78, 5) is 25.4. The number of hydrogen-bond acceptors (Lipinski definition) is 5. The lowest BCUT2D eigenvalue weighted by atomic mass is 10.2. The van der Waals surface area contributed by atoms with Crippen molar-refractivity contribution < 1.29 is 31.9 Å². The van der Waals surface area contributed by atoms with Crippen molar-refractivity contribution >= 4 is 58.9 Å². The molecule has 0 heterocycles. The van der Waals surface area contributed by atoms with E-state index in [0.717, 1.165) is 0 Å². The zero-order valence-corrected chi connectivity index (χ0v) is 23.9. The Kier molecular flexibility index (Phi) is 11.5. The molecule has 5 nitrogen and oxygen atoms in total. The summed E-state index contributed by atoms with van der Waals surface area (Å²) in [6.45, 7) is 0. The first kappa shape index (κ1) is 31.5. The Morgan fingerprint density at radius 1 is 0.558 bits per heavy atom. The van der Waals surface area contributed by atoms with Gasteiger partial charge in [0.2, 0.25) is 11.8 Å². The first-order valence-corrected chi connectivity index (χ1v) is 14.4. The molecule has 2 N–H and O–H groups in total. The SMILES string of the molecule is O=C(/C=C/c1ccc(SC(F)F)cc1)Nc1ccc(Oc2ccc(NC(=O)/C=C/c3ccc(SC(F)F)cc3)cc2)cc1. The molecule has 2 amide bonds. The van der Waals surface area contributed by atoms with E-state index in [2.05, 4.69) is 10.6 Å². The van der Waals surface area contributed by atoms with E-state index in [4.69, 9.17) is 4.74 Å². The van der Waals surface area contributed by atoms with E-state index < -0.39 is 11.5 Å². The number of rotatable bonds is 12. The van der Waals surface area contributed by atoms with E-state index in [9.17, 15) is 27.2 Å². The summed E-state index contributed by atoms with van der Waals surface area (Å²) < 4.78 is 55.5. The van der Waals surface area contributed by atoms with Gasteiger partial charge in [-0.25, -0.2) is 0 Å². The molecule has 4 aromatic rings. The Morgan fingerprint density at radius 2 is 0.907 bits per heavy atom. The zero-order chi connectivity index (χ0) is 30.6. The van der Waals surface area contributed by atoms with Crippen LogP contribution in [-0.2, 0) is 9.59 Å². The standard InChI is InChI=1S/C32H24F4N2O3S2/c33-31(34)42-27-15-1-21(2-16-27)5-19-29(39)37-23-7-11-25(12-8-23)41-26-13-9-24(10-14-26)38-30(40)20-6-22-3-17-28(18-4-22)43-32(35)36/h1-20,31-32H,(H,37,39)(H,38,40)/b19-5+,20-6+. The highest BCUT2D eigenvalue weighted by molar-refractivity contribution is 7.99. The minimum atomic E-state index is -2.49. The summed E-state index contributed by atoms with van der Waals surface area (Å²) in [6.07, 6.45) is 5.88. The highest BCUT2D eigenvalue weighted by Crippen LogP contribution is 2.27. The topological polar surface area (TPSA) is 67.4 Å². The average molecular weight is 625 g/mol. The Morgan fingerprint density at radius 3 is 1.23 bits per heavy atom. The van der Waals surface area contributed by atoms with E-state index >= 15 is 0 Å². The fourth-order valence-corrected chi connectivity index (χ4v) is 4.58. The van der Waals surface area contributed by atoms with Gasteiger partial charge in [0.05, 0.1) is 0 Å². The van der Waals surface area contributed by atoms with E-state index in [1.807, 2.05) is 0 Å². The molecule has 0 fully saturated rings. The molecule has 0 aliphatic carbocycles. The number of halogens is 4. The average Bonchev–Trinajstić information content (AvgIpc) is 2.98. The van der Waals surface area contributed by atoms with Crippen LogP contribution in [0, 0.1) is 0 Å². The number of alkyl halides is 4. The van der Waals surface area contributed by atoms with Crippen molar-refractivity contribution in [3.8, 4) is 11.5 Å². The lowest BCUT2D eigenvalue weighted by molar-refractivity contribution is -0.112. The molecule has 0 aromatic heterocycles. The molecule has 4 aromatic carbocycles. The predicted molar refractivity (Wildman–Crippen MR) is 165 cm³/mol. The van der Waals surface area contributed by atoms with Crippen LogP contribution < -0.4 is 15.4 Å². The smallest absolute Gasteiger partial charge is 0.288 e. The maximum Gasteiger partial charge on any atom is 0.288 e. The van der Waals surface area contributed by atoms with Gasteiger partial charge in [0.1, 0.15) is 11.5 Å². The Labute approximate surface area is 254 Å². The summed E-state index contributed by atoms with van der Waals surface area (Å²) >= 11 is 0.921. The number of hydrogen-bond donors (Lipinski definition) is 2. The third kappa shape index (κ3) is 11.0. The third-order valence-corrected chi connectivity index (χ3v) is 6.99. The number of nitrogens with one attached hydrogen (secondary N) is 2. The maximum atomic E-state index is 12.4. The molecular weight excluding hydrogens is 600 g/mol. The third-order valence-electron chi connectivity index (χ3n) is 5.54. The molecule has 0 unspecified atom stereocenters. The normalized spacial score (nSPS) is 11.4. The second-order valence-corrected chi connectivity index (χ2v) is 10.8. The van der Waals surface area contributed by atoms with Crippen LogP contribution in [0.15, 0.2) is 119 Å². The fraction of sp³-hybridized carbons (Fsp3) is 0.0625. The molecule has 4 rings (SSSR count). The molecule has 0 spiro atoms. The molecule has 11 heteroatoms. The Hall–Kier alpha value is -4.48. The van der Waals surface area contributed by atoms with E-state index in [1.165, 1.54) is 12.2 Å². The lowest BCUT2D eigenvalue weighted by Crippen LogP contribution is -2.07. The molecule has 0 atom stereocenters. The van der Waals surface area contributed by atoms with Crippen molar-refractivity contribution in [3.63, 3.8) is 0 Å². The minimum Gasteiger partial charge on any atom is -0.457 e. The number of amides is 2. The van der Waals surface area contributed by atoms with E-state index in [0.29, 0.717) is 67.3 Å². The van der Waals surface area contributed by atoms with Crippen LogP contribution in [0.2, 0.25) is 0 Å². The summed E-state index contributed by atoms with van der Waals surface area (Å²) in [6, 6.07) is 26.4. The quantitative estimate of drug-likeness (QED) is 0.0934. The van der Waals surface area contributed by atoms with Crippen LogP contribution in [0.4, 0.5) is 28.9 Å². The van der Waals surface area contributed by atoms with Crippen molar-refractivity contribution in [3.05, 3.63) is 120 Å². The van der Waals surface area contributed by atoms with Crippen LogP contribution in [-0.4, -0.2) is 23.3 Å². The van der Waals surface area contributed by atoms with Crippen molar-refractivity contribution in [1.82, 2.24) is 0 Å². The van der Waals surface area contributed by atoms with Gasteiger partial charge in [-0.2, -0.15) is 17.6 Å². The maximum absolute atomic E-state index is 12.4. The van der Waals surface area contributed by atoms with Gasteiger partial charge in [-0.1, -0.05) is 47.8 Å². The number of benzene rings is 4. The largest absolute Gasteiger partial charge is 0.457 e. The van der Waals surface area contributed by atoms with Crippen LogP contribution >= 0.6 is 23.5 Å². The fourth-order valence-electron chi connectivity index (χ4n) is 3.58. The van der Waals surface area contributed by atoms with Crippen LogP contribution in [0.1, 0.15) is 11.1 Å². The number of carbonyl (C=O) groups excluding carboxylic acids is 2. The number of carbonyl (C=O) groups is 2. The van der Waals surface area contributed by atoms with Crippen LogP contribution in [0.25, 0.3) is 12.2 Å². The van der Waals surface area contributed by atoms with Gasteiger partial charge in [-0.3, -0.25) is 9.59 Å². The first-order valence-electron chi connectivity index (χ1n) is 12.7. The molecule has 220 valence electrons. The predicted octanol–water partition coefficient (Wildman–Crippen LogP) is 9.41. The van der Waals surface area contributed by atoms with Gasteiger partial charge in [0.25, 0.3) is 11.5 Å². The van der Waals surface area contributed by atoms with E-state index in [-0.39, 0.29) is 11.8 Å². The lowest BCUT2D eigenvalue weighted by Gasteiger charge is -2.08. The van der Waals surface area contributed by atoms with Crippen molar-refractivity contribution in [1.29, 1.82) is 0 Å². The van der Waals surface area contributed by atoms with Gasteiger partial charge in [0.15, 0.2) is 0 Å². The molecule has 43 heavy (non-hydrogen) atoms. The Bertz CT molecular complexity index is 1440. The molecule has 0 saturated heterocycles. The molecule has 0 aliphatic rings. The number of thioether (sulfide) groups is 2. The van der Waals surface area contributed by atoms with Crippen LogP contribution in [0.5, 0.6) is 11.5 Å². The van der Waals surface area contributed by atoms with Gasteiger partial charge in [-0.05, 0) is 96.1 Å². The van der Waals surface area contributed by atoms with Gasteiger partial charge < -0.3 is 15.4 Å². The summed E-state index contributed by atoms with van der Waals surface area (Å²) in [5, 5.41) is 5.48. The van der Waals surface area contributed by atoms with E-state index in [1.54, 1.807) is 109 Å². The van der Waals surface area contributed by atoms with Crippen molar-refractivity contribution in [2.24, 2.45) is 0 Å². The molecular formula is C32H24F4N2O3S2. The second-order valence-electron chi connectivity index (χ2n) is 8.69. The van der Waals surface area contributed by atoms with Crippen molar-refractivity contribution in [2.75, 3.05) is 10.6 Å². The number of ether oxygens (including phenoxy) is 1. The summed E-state index contributed by atoms with van der Waals surface area (Å²) in [7, 11) is 0. The zero-order valence-electron chi connectivity index (χ0n) is 22.3. The summed E-state index contributed by atoms with van der Waals surface area (Å²) in [5.74, 6) is -4.61. The second kappa shape index (κ2) is 15.7. The van der Waals surface area contributed by atoms with Crippen molar-refractivity contribution in [2.45, 2.75) is 21.3 Å². The molecule has 0 saturated carbocycles.